The quantitative estimate of drug-likeness (QED) is 0.695. The Morgan fingerprint density at radius 3 is 2.67 bits per heavy atom. The van der Waals surface area contributed by atoms with E-state index in [0.717, 1.165) is 6.42 Å². The van der Waals surface area contributed by atoms with Crippen LogP contribution in [0.5, 0.6) is 0 Å². The minimum atomic E-state index is -0.00824. The number of nitrogens with two attached hydrogens (primary N) is 1. The third kappa shape index (κ3) is 2.49. The number of carbonyl (C=O) groups is 1. The molecule has 4 heteroatoms. The van der Waals surface area contributed by atoms with Crippen LogP contribution in [0, 0.1) is 0 Å². The van der Waals surface area contributed by atoms with Gasteiger partial charge in [0, 0.05) is 12.1 Å². The van der Waals surface area contributed by atoms with Crippen LogP contribution < -0.4 is 11.1 Å². The van der Waals surface area contributed by atoms with Gasteiger partial charge in [0.2, 0.25) is 5.91 Å². The number of hydrogen-bond donors (Lipinski definition) is 2. The molecule has 2 fully saturated rings. The lowest BCUT2D eigenvalue weighted by molar-refractivity contribution is -0.120. The lowest BCUT2D eigenvalue weighted by atomic mass is 10.1. The summed E-state index contributed by atoms with van der Waals surface area (Å²) in [7, 11) is 0. The second-order valence-electron chi connectivity index (χ2n) is 4.62. The second-order valence-corrected chi connectivity index (χ2v) is 4.62. The highest BCUT2D eigenvalue weighted by atomic mass is 16.1. The number of nitrogens with one attached hydrogen (secondary N) is 1. The first-order valence-electron chi connectivity index (χ1n) is 6.05. The highest BCUT2D eigenvalue weighted by Crippen LogP contribution is 2.26. The Balaban J connectivity index is 1.89. The number of hydrogen-bond acceptors (Lipinski definition) is 3. The fourth-order valence-electron chi connectivity index (χ4n) is 2.88. The van der Waals surface area contributed by atoms with Crippen molar-refractivity contribution >= 4 is 5.91 Å². The molecule has 0 radical (unpaired) electrons. The fourth-order valence-corrected chi connectivity index (χ4v) is 2.88. The van der Waals surface area contributed by atoms with Crippen molar-refractivity contribution in [1.29, 1.82) is 0 Å². The van der Waals surface area contributed by atoms with E-state index < -0.39 is 0 Å². The minimum absolute atomic E-state index is 0.00824. The SMILES string of the molecule is NCC(=O)NC1CCCC1N1CCCC1. The van der Waals surface area contributed by atoms with Gasteiger partial charge in [0.25, 0.3) is 0 Å². The first kappa shape index (κ1) is 10.9. The third-order valence-corrected chi connectivity index (χ3v) is 3.62. The van der Waals surface area contributed by atoms with E-state index in [2.05, 4.69) is 10.2 Å². The van der Waals surface area contributed by atoms with Gasteiger partial charge in [0.15, 0.2) is 0 Å². The molecule has 0 aromatic rings. The van der Waals surface area contributed by atoms with Crippen molar-refractivity contribution in [2.24, 2.45) is 5.73 Å². The Kier molecular flexibility index (Phi) is 3.59. The summed E-state index contributed by atoms with van der Waals surface area (Å²) in [5, 5.41) is 3.05. The molecule has 0 spiro atoms. The summed E-state index contributed by atoms with van der Waals surface area (Å²) in [5.41, 5.74) is 5.32. The number of likely N-dealkylation sites (tertiary alicyclic amines) is 1. The van der Waals surface area contributed by atoms with Gasteiger partial charge < -0.3 is 11.1 Å². The maximum atomic E-state index is 11.3. The van der Waals surface area contributed by atoms with Crippen LogP contribution in [-0.4, -0.2) is 42.5 Å². The largest absolute Gasteiger partial charge is 0.351 e. The van der Waals surface area contributed by atoms with Crippen LogP contribution >= 0.6 is 0 Å². The average molecular weight is 211 g/mol. The molecule has 1 amide bonds. The number of nitrogens with zero attached hydrogens (tertiary/aromatic N) is 1. The highest BCUT2D eigenvalue weighted by Gasteiger charge is 2.33. The molecule has 1 saturated heterocycles. The molecule has 0 bridgehead atoms. The zero-order chi connectivity index (χ0) is 10.7. The van der Waals surface area contributed by atoms with E-state index >= 15 is 0 Å². The number of rotatable bonds is 3. The monoisotopic (exact) mass is 211 g/mol. The fraction of sp³-hybridized carbons (Fsp3) is 0.909. The van der Waals surface area contributed by atoms with Gasteiger partial charge in [-0.1, -0.05) is 0 Å². The summed E-state index contributed by atoms with van der Waals surface area (Å²) >= 11 is 0. The zero-order valence-electron chi connectivity index (χ0n) is 9.24. The van der Waals surface area contributed by atoms with Crippen LogP contribution in [-0.2, 0) is 4.79 Å². The lowest BCUT2D eigenvalue weighted by Crippen LogP contribution is -2.49. The van der Waals surface area contributed by atoms with E-state index in [1.165, 1.54) is 38.8 Å². The molecule has 0 aromatic heterocycles. The smallest absolute Gasteiger partial charge is 0.234 e. The molecule has 2 aliphatic rings. The minimum Gasteiger partial charge on any atom is -0.351 e. The molecule has 0 aromatic carbocycles. The van der Waals surface area contributed by atoms with Crippen molar-refractivity contribution in [3.8, 4) is 0 Å². The van der Waals surface area contributed by atoms with Gasteiger partial charge >= 0.3 is 0 Å². The molecule has 1 aliphatic heterocycles. The van der Waals surface area contributed by atoms with Crippen LogP contribution in [0.4, 0.5) is 0 Å². The van der Waals surface area contributed by atoms with E-state index in [1.54, 1.807) is 0 Å². The normalized spacial score (nSPS) is 32.1. The summed E-state index contributed by atoms with van der Waals surface area (Å²) in [4.78, 5) is 13.8. The Labute approximate surface area is 91.2 Å². The summed E-state index contributed by atoms with van der Waals surface area (Å²) in [6.45, 7) is 2.53. The summed E-state index contributed by atoms with van der Waals surface area (Å²) < 4.78 is 0. The van der Waals surface area contributed by atoms with Crippen molar-refractivity contribution in [3.05, 3.63) is 0 Å². The maximum absolute atomic E-state index is 11.3. The molecule has 2 rings (SSSR count). The van der Waals surface area contributed by atoms with E-state index in [9.17, 15) is 4.79 Å². The topological polar surface area (TPSA) is 58.4 Å². The Bertz CT molecular complexity index is 226. The summed E-state index contributed by atoms with van der Waals surface area (Å²) in [5.74, 6) is -0.00824. The molecular formula is C11H21N3O. The Morgan fingerprint density at radius 2 is 2.00 bits per heavy atom. The van der Waals surface area contributed by atoms with E-state index in [0.29, 0.717) is 12.1 Å². The Morgan fingerprint density at radius 1 is 1.27 bits per heavy atom. The molecule has 1 heterocycles. The average Bonchev–Trinajstić information content (AvgIpc) is 2.86. The zero-order valence-corrected chi connectivity index (χ0v) is 9.24. The van der Waals surface area contributed by atoms with Gasteiger partial charge in [-0.2, -0.15) is 0 Å². The Hall–Kier alpha value is -0.610. The van der Waals surface area contributed by atoms with Crippen molar-refractivity contribution < 1.29 is 4.79 Å². The second kappa shape index (κ2) is 4.94. The van der Waals surface area contributed by atoms with Crippen LogP contribution in [0.2, 0.25) is 0 Å². The molecule has 2 unspecified atom stereocenters. The molecule has 15 heavy (non-hydrogen) atoms. The molecule has 1 aliphatic carbocycles. The van der Waals surface area contributed by atoms with Crippen LogP contribution in [0.3, 0.4) is 0 Å². The van der Waals surface area contributed by atoms with E-state index in [-0.39, 0.29) is 12.5 Å². The molecule has 3 N–H and O–H groups in total. The van der Waals surface area contributed by atoms with Gasteiger partial charge in [0.05, 0.1) is 6.54 Å². The van der Waals surface area contributed by atoms with Crippen LogP contribution in [0.15, 0.2) is 0 Å². The molecule has 1 saturated carbocycles. The molecule has 2 atom stereocenters. The standard InChI is InChI=1S/C11H21N3O/c12-8-11(15)13-9-4-3-5-10(9)14-6-1-2-7-14/h9-10H,1-8,12H2,(H,13,15). The van der Waals surface area contributed by atoms with Gasteiger partial charge in [-0.05, 0) is 45.2 Å². The maximum Gasteiger partial charge on any atom is 0.234 e. The molecular weight excluding hydrogens is 190 g/mol. The van der Waals surface area contributed by atoms with Crippen molar-refractivity contribution in [1.82, 2.24) is 10.2 Å². The van der Waals surface area contributed by atoms with E-state index in [1.807, 2.05) is 0 Å². The van der Waals surface area contributed by atoms with Crippen molar-refractivity contribution in [2.75, 3.05) is 19.6 Å². The highest BCUT2D eigenvalue weighted by molar-refractivity contribution is 5.78. The van der Waals surface area contributed by atoms with Crippen LogP contribution in [0.1, 0.15) is 32.1 Å². The van der Waals surface area contributed by atoms with Gasteiger partial charge in [-0.15, -0.1) is 0 Å². The summed E-state index contributed by atoms with van der Waals surface area (Å²) in [6, 6.07) is 0.919. The predicted molar refractivity (Wildman–Crippen MR) is 59.4 cm³/mol. The number of carbonyl (C=O) groups excluding carboxylic acids is 1. The number of amides is 1. The molecule has 86 valence electrons. The predicted octanol–water partition coefficient (Wildman–Crippen LogP) is 0.0782. The third-order valence-electron chi connectivity index (χ3n) is 3.62. The first-order chi connectivity index (χ1) is 7.31. The van der Waals surface area contributed by atoms with Gasteiger partial charge in [-0.3, -0.25) is 9.69 Å². The summed E-state index contributed by atoms with van der Waals surface area (Å²) in [6.07, 6.45) is 6.21. The van der Waals surface area contributed by atoms with E-state index in [4.69, 9.17) is 5.73 Å². The van der Waals surface area contributed by atoms with Crippen LogP contribution in [0.25, 0.3) is 0 Å². The van der Waals surface area contributed by atoms with Gasteiger partial charge in [0.1, 0.15) is 0 Å². The van der Waals surface area contributed by atoms with Crippen molar-refractivity contribution in [2.45, 2.75) is 44.2 Å². The van der Waals surface area contributed by atoms with Gasteiger partial charge in [-0.25, -0.2) is 0 Å². The van der Waals surface area contributed by atoms with Crippen molar-refractivity contribution in [3.63, 3.8) is 0 Å². The first-order valence-corrected chi connectivity index (χ1v) is 6.05. The lowest BCUT2D eigenvalue weighted by Gasteiger charge is -2.29. The molecule has 4 nitrogen and oxygen atoms in total.